The van der Waals surface area contributed by atoms with Crippen molar-refractivity contribution < 1.29 is 35.6 Å². The Morgan fingerprint density at radius 3 is 1.97 bits per heavy atom. The number of amides is 1. The molecule has 1 aromatic heterocycles. The summed E-state index contributed by atoms with van der Waals surface area (Å²) in [4.78, 5) is 12.3. The molecule has 1 amide bonds. The lowest BCUT2D eigenvalue weighted by molar-refractivity contribution is -0.143. The lowest BCUT2D eigenvalue weighted by atomic mass is 10.1. The predicted octanol–water partition coefficient (Wildman–Crippen LogP) is 7.54. The fourth-order valence-electron chi connectivity index (χ4n) is 2.51. The van der Waals surface area contributed by atoms with Crippen molar-refractivity contribution in [2.24, 2.45) is 0 Å². The van der Waals surface area contributed by atoms with E-state index in [4.69, 9.17) is 27.6 Å². The van der Waals surface area contributed by atoms with Gasteiger partial charge in [-0.05, 0) is 48.5 Å². The van der Waals surface area contributed by atoms with Gasteiger partial charge in [0.15, 0.2) is 5.76 Å². The fourth-order valence-corrected chi connectivity index (χ4v) is 3.02. The molecule has 1 N–H and O–H groups in total. The Balaban J connectivity index is 1.90. The second-order valence-corrected chi connectivity index (χ2v) is 6.88. The minimum atomic E-state index is -5.04. The molecular formula is C19H9Cl2F6NO2. The van der Waals surface area contributed by atoms with Crippen LogP contribution in [0.15, 0.2) is 52.9 Å². The third-order valence-corrected chi connectivity index (χ3v) is 4.42. The smallest absolute Gasteiger partial charge is 0.416 e. The maximum atomic E-state index is 12.9. The van der Waals surface area contributed by atoms with E-state index in [1.165, 1.54) is 30.3 Å². The Hall–Kier alpha value is -2.65. The number of hydrogen-bond donors (Lipinski definition) is 1. The minimum Gasteiger partial charge on any atom is -0.451 e. The zero-order chi connectivity index (χ0) is 22.3. The Labute approximate surface area is 175 Å². The van der Waals surface area contributed by atoms with Gasteiger partial charge in [-0.1, -0.05) is 23.2 Å². The highest BCUT2D eigenvalue weighted by molar-refractivity contribution is 6.36. The fraction of sp³-hybridized carbons (Fsp3) is 0.105. The van der Waals surface area contributed by atoms with E-state index in [2.05, 4.69) is 0 Å². The summed E-state index contributed by atoms with van der Waals surface area (Å²) >= 11 is 11.8. The highest BCUT2D eigenvalue weighted by Gasteiger charge is 2.37. The van der Waals surface area contributed by atoms with Gasteiger partial charge < -0.3 is 9.73 Å². The number of nitrogens with one attached hydrogen (secondary N) is 1. The van der Waals surface area contributed by atoms with Crippen LogP contribution < -0.4 is 5.32 Å². The first-order valence-corrected chi connectivity index (χ1v) is 8.76. The summed E-state index contributed by atoms with van der Waals surface area (Å²) in [5, 5.41) is 2.56. The summed E-state index contributed by atoms with van der Waals surface area (Å²) in [5.74, 6) is -1.23. The van der Waals surface area contributed by atoms with Crippen LogP contribution in [-0.4, -0.2) is 5.91 Å². The summed E-state index contributed by atoms with van der Waals surface area (Å²) in [7, 11) is 0. The van der Waals surface area contributed by atoms with Crippen molar-refractivity contribution in [1.82, 2.24) is 0 Å². The maximum Gasteiger partial charge on any atom is 0.416 e. The number of alkyl halides is 6. The van der Waals surface area contributed by atoms with Crippen LogP contribution in [0, 0.1) is 0 Å². The zero-order valence-corrected chi connectivity index (χ0v) is 16.0. The normalized spacial score (nSPS) is 12.1. The van der Waals surface area contributed by atoms with E-state index >= 15 is 0 Å². The highest BCUT2D eigenvalue weighted by Crippen LogP contribution is 2.38. The molecule has 0 atom stereocenters. The molecule has 0 spiro atoms. The summed E-state index contributed by atoms with van der Waals surface area (Å²) in [6, 6.07) is 7.80. The lowest BCUT2D eigenvalue weighted by Gasteiger charge is -2.14. The van der Waals surface area contributed by atoms with Crippen LogP contribution in [0.25, 0.3) is 11.3 Å². The van der Waals surface area contributed by atoms with Gasteiger partial charge in [-0.25, -0.2) is 0 Å². The van der Waals surface area contributed by atoms with Crippen molar-refractivity contribution in [3.05, 3.63) is 75.5 Å². The third-order valence-electron chi connectivity index (χ3n) is 3.87. The van der Waals surface area contributed by atoms with Gasteiger partial charge in [0.1, 0.15) is 5.76 Å². The molecule has 0 saturated carbocycles. The van der Waals surface area contributed by atoms with Crippen molar-refractivity contribution >= 4 is 34.8 Å². The van der Waals surface area contributed by atoms with Gasteiger partial charge in [0.25, 0.3) is 5.91 Å². The predicted molar refractivity (Wildman–Crippen MR) is 98.6 cm³/mol. The second kappa shape index (κ2) is 7.88. The van der Waals surface area contributed by atoms with Crippen LogP contribution in [0.1, 0.15) is 21.7 Å². The monoisotopic (exact) mass is 467 g/mol. The summed E-state index contributed by atoms with van der Waals surface area (Å²) in [5.41, 5.74) is -3.41. The molecule has 0 aliphatic heterocycles. The Bertz CT molecular complexity index is 1070. The summed E-state index contributed by atoms with van der Waals surface area (Å²) in [6.07, 6.45) is -10.1. The van der Waals surface area contributed by atoms with Gasteiger partial charge in [-0.2, -0.15) is 26.3 Å². The number of carbonyl (C=O) groups is 1. The SMILES string of the molecule is O=C(Nc1cc(C(F)(F)F)cc(C(F)(F)F)c1)c1ccc(-c2ccc(Cl)cc2Cl)o1. The van der Waals surface area contributed by atoms with E-state index in [0.717, 1.165) is 0 Å². The molecule has 2 aromatic carbocycles. The van der Waals surface area contributed by atoms with Crippen LogP contribution in [0.5, 0.6) is 0 Å². The largest absolute Gasteiger partial charge is 0.451 e. The molecule has 30 heavy (non-hydrogen) atoms. The zero-order valence-electron chi connectivity index (χ0n) is 14.5. The number of hydrogen-bond acceptors (Lipinski definition) is 2. The number of carbonyl (C=O) groups excluding carboxylic acids is 1. The average Bonchev–Trinajstić information content (AvgIpc) is 3.10. The third kappa shape index (κ3) is 4.91. The summed E-state index contributed by atoms with van der Waals surface area (Å²) < 4.78 is 82.9. The van der Waals surface area contributed by atoms with Crippen molar-refractivity contribution in [3.63, 3.8) is 0 Å². The van der Waals surface area contributed by atoms with Crippen LogP contribution >= 0.6 is 23.2 Å². The van der Waals surface area contributed by atoms with Crippen LogP contribution in [-0.2, 0) is 12.4 Å². The first-order chi connectivity index (χ1) is 13.8. The molecule has 11 heteroatoms. The van der Waals surface area contributed by atoms with Gasteiger partial charge in [0.2, 0.25) is 0 Å². The molecule has 3 nitrogen and oxygen atoms in total. The molecule has 1 heterocycles. The molecule has 0 radical (unpaired) electrons. The van der Waals surface area contributed by atoms with Gasteiger partial charge in [-0.3, -0.25) is 4.79 Å². The molecule has 3 aromatic rings. The quantitative estimate of drug-likeness (QED) is 0.404. The van der Waals surface area contributed by atoms with Gasteiger partial charge >= 0.3 is 12.4 Å². The number of anilines is 1. The topological polar surface area (TPSA) is 42.2 Å². The molecular weight excluding hydrogens is 459 g/mol. The first kappa shape index (κ1) is 22.0. The average molecular weight is 468 g/mol. The Morgan fingerprint density at radius 1 is 0.833 bits per heavy atom. The van der Waals surface area contributed by atoms with Gasteiger partial charge in [0.05, 0.1) is 16.1 Å². The molecule has 0 bridgehead atoms. The first-order valence-electron chi connectivity index (χ1n) is 8.00. The van der Waals surface area contributed by atoms with E-state index in [9.17, 15) is 31.1 Å². The second-order valence-electron chi connectivity index (χ2n) is 6.04. The molecule has 0 saturated heterocycles. The molecule has 0 aliphatic carbocycles. The Kier molecular flexibility index (Phi) is 5.79. The molecule has 3 rings (SSSR count). The molecule has 0 fully saturated rings. The lowest BCUT2D eigenvalue weighted by Crippen LogP contribution is -2.15. The molecule has 0 aliphatic rings. The number of halogens is 8. The standard InChI is InChI=1S/C19H9Cl2F6NO2/c20-11-1-2-13(14(21)8-11)15-3-4-16(30-15)17(29)28-12-6-9(18(22,23)24)5-10(7-12)19(25,26)27/h1-8H,(H,28,29). The van der Waals surface area contributed by atoms with Crippen molar-refractivity contribution in [1.29, 1.82) is 0 Å². The van der Waals surface area contributed by atoms with Crippen molar-refractivity contribution in [2.45, 2.75) is 12.4 Å². The highest BCUT2D eigenvalue weighted by atomic mass is 35.5. The summed E-state index contributed by atoms with van der Waals surface area (Å²) in [6.45, 7) is 0. The maximum absolute atomic E-state index is 12.9. The molecule has 158 valence electrons. The van der Waals surface area contributed by atoms with Crippen molar-refractivity contribution in [2.75, 3.05) is 5.32 Å². The van der Waals surface area contributed by atoms with E-state index in [-0.39, 0.29) is 22.6 Å². The van der Waals surface area contributed by atoms with E-state index in [1.54, 1.807) is 0 Å². The van der Waals surface area contributed by atoms with Crippen LogP contribution in [0.2, 0.25) is 10.0 Å². The number of benzene rings is 2. The van der Waals surface area contributed by atoms with E-state index in [0.29, 0.717) is 22.7 Å². The van der Waals surface area contributed by atoms with E-state index in [1.807, 2.05) is 5.32 Å². The van der Waals surface area contributed by atoms with Crippen LogP contribution in [0.4, 0.5) is 32.0 Å². The Morgan fingerprint density at radius 2 is 1.43 bits per heavy atom. The number of rotatable bonds is 3. The van der Waals surface area contributed by atoms with Crippen molar-refractivity contribution in [3.8, 4) is 11.3 Å². The molecule has 0 unspecified atom stereocenters. The van der Waals surface area contributed by atoms with Crippen LogP contribution in [0.3, 0.4) is 0 Å². The van der Waals surface area contributed by atoms with E-state index < -0.39 is 35.1 Å². The number of furan rings is 1. The van der Waals surface area contributed by atoms with Gasteiger partial charge in [-0.15, -0.1) is 0 Å². The van der Waals surface area contributed by atoms with Gasteiger partial charge in [0, 0.05) is 16.3 Å². The minimum absolute atomic E-state index is 0.0385.